The van der Waals surface area contributed by atoms with Gasteiger partial charge >= 0.3 is 0 Å². The van der Waals surface area contributed by atoms with Crippen molar-refractivity contribution in [3.63, 3.8) is 0 Å². The molecule has 0 fully saturated rings. The molecule has 0 amide bonds. The van der Waals surface area contributed by atoms with E-state index in [1.54, 1.807) is 13.1 Å². The maximum absolute atomic E-state index is 11.4. The van der Waals surface area contributed by atoms with Crippen molar-refractivity contribution in [2.45, 2.75) is 16.8 Å². The zero-order valence-electron chi connectivity index (χ0n) is 8.88. The minimum atomic E-state index is 0.0824. The van der Waals surface area contributed by atoms with E-state index in [-0.39, 0.29) is 5.78 Å². The molecule has 0 saturated heterocycles. The van der Waals surface area contributed by atoms with Gasteiger partial charge in [0.05, 0.1) is 0 Å². The predicted molar refractivity (Wildman–Crippen MR) is 64.8 cm³/mol. The molecule has 0 unspecified atom stereocenters. The van der Waals surface area contributed by atoms with Gasteiger partial charge in [0.1, 0.15) is 5.03 Å². The highest BCUT2D eigenvalue weighted by Gasteiger charge is 2.07. The quantitative estimate of drug-likeness (QED) is 0.755. The number of ketones is 1. The lowest BCUT2D eigenvalue weighted by molar-refractivity contribution is 0.101. The van der Waals surface area contributed by atoms with Crippen LogP contribution in [0, 0.1) is 0 Å². The van der Waals surface area contributed by atoms with Gasteiger partial charge in [-0.25, -0.2) is 4.98 Å². The second-order valence-corrected chi connectivity index (χ2v) is 4.38. The van der Waals surface area contributed by atoms with Crippen LogP contribution in [0.4, 0.5) is 0 Å². The Morgan fingerprint density at radius 1 is 1.12 bits per heavy atom. The number of aromatic nitrogens is 1. The van der Waals surface area contributed by atoms with Gasteiger partial charge in [-0.1, -0.05) is 36.0 Å². The van der Waals surface area contributed by atoms with Gasteiger partial charge in [-0.2, -0.15) is 0 Å². The molecule has 1 heterocycles. The molecule has 2 aromatic rings. The van der Waals surface area contributed by atoms with Crippen molar-refractivity contribution in [2.24, 2.45) is 0 Å². The molecule has 0 N–H and O–H groups in total. The third-order valence-corrected chi connectivity index (χ3v) is 3.15. The smallest absolute Gasteiger partial charge is 0.160 e. The molecule has 3 heteroatoms. The van der Waals surface area contributed by atoms with Crippen molar-refractivity contribution in [3.05, 3.63) is 54.2 Å². The number of pyridine rings is 1. The summed E-state index contributed by atoms with van der Waals surface area (Å²) in [6.07, 6.45) is 1.75. The summed E-state index contributed by atoms with van der Waals surface area (Å²) in [5, 5.41) is 0.899. The topological polar surface area (TPSA) is 30.0 Å². The van der Waals surface area contributed by atoms with E-state index in [0.717, 1.165) is 15.5 Å². The number of benzene rings is 1. The molecule has 0 radical (unpaired) electrons. The van der Waals surface area contributed by atoms with E-state index in [9.17, 15) is 4.79 Å². The fourth-order valence-corrected chi connectivity index (χ4v) is 2.32. The Labute approximate surface area is 98.7 Å². The summed E-state index contributed by atoms with van der Waals surface area (Å²) in [4.78, 5) is 16.6. The van der Waals surface area contributed by atoms with E-state index >= 15 is 0 Å². The molecule has 0 aliphatic carbocycles. The lowest BCUT2D eigenvalue weighted by Crippen LogP contribution is -1.94. The number of rotatable bonds is 3. The van der Waals surface area contributed by atoms with Crippen LogP contribution in [0.2, 0.25) is 0 Å². The zero-order chi connectivity index (χ0) is 11.4. The zero-order valence-corrected chi connectivity index (χ0v) is 9.70. The molecular formula is C13H11NOS. The molecule has 0 atom stereocenters. The Balaban J connectivity index is 2.31. The molecule has 0 aliphatic rings. The van der Waals surface area contributed by atoms with Crippen LogP contribution >= 0.6 is 11.8 Å². The second kappa shape index (κ2) is 4.94. The van der Waals surface area contributed by atoms with E-state index in [0.29, 0.717) is 0 Å². The van der Waals surface area contributed by atoms with Crippen LogP contribution in [0.3, 0.4) is 0 Å². The Bertz CT molecular complexity index is 496. The standard InChI is InChI=1S/C13H11NOS/c1-10(15)11-6-2-3-7-12(11)16-13-8-4-5-9-14-13/h2-9H,1H3. The lowest BCUT2D eigenvalue weighted by atomic mass is 10.1. The Hall–Kier alpha value is -1.61. The fourth-order valence-electron chi connectivity index (χ4n) is 1.37. The van der Waals surface area contributed by atoms with Crippen LogP contribution in [0.1, 0.15) is 17.3 Å². The summed E-state index contributed by atoms with van der Waals surface area (Å²) in [6, 6.07) is 13.3. The summed E-state index contributed by atoms with van der Waals surface area (Å²) in [5.74, 6) is 0.0824. The maximum atomic E-state index is 11.4. The summed E-state index contributed by atoms with van der Waals surface area (Å²) < 4.78 is 0. The van der Waals surface area contributed by atoms with Crippen molar-refractivity contribution in [1.29, 1.82) is 0 Å². The summed E-state index contributed by atoms with van der Waals surface area (Å²) in [5.41, 5.74) is 0.748. The monoisotopic (exact) mass is 229 g/mol. The van der Waals surface area contributed by atoms with Crippen LogP contribution < -0.4 is 0 Å². The molecule has 0 saturated carbocycles. The number of carbonyl (C=O) groups is 1. The lowest BCUT2D eigenvalue weighted by Gasteiger charge is -2.04. The highest BCUT2D eigenvalue weighted by Crippen LogP contribution is 2.28. The average molecular weight is 229 g/mol. The van der Waals surface area contributed by atoms with Crippen molar-refractivity contribution >= 4 is 17.5 Å². The molecule has 2 rings (SSSR count). The average Bonchev–Trinajstić information content (AvgIpc) is 2.31. The molecular weight excluding hydrogens is 218 g/mol. The van der Waals surface area contributed by atoms with Gasteiger partial charge in [-0.05, 0) is 25.1 Å². The molecule has 16 heavy (non-hydrogen) atoms. The summed E-state index contributed by atoms with van der Waals surface area (Å²) in [7, 11) is 0. The number of carbonyl (C=O) groups excluding carboxylic acids is 1. The van der Waals surface area contributed by atoms with E-state index in [4.69, 9.17) is 0 Å². The molecule has 80 valence electrons. The summed E-state index contributed by atoms with van der Waals surface area (Å²) in [6.45, 7) is 1.58. The van der Waals surface area contributed by atoms with Gasteiger partial charge in [0.2, 0.25) is 0 Å². The first-order valence-corrected chi connectivity index (χ1v) is 5.78. The highest BCUT2D eigenvalue weighted by molar-refractivity contribution is 7.99. The first kappa shape index (κ1) is 10.9. The van der Waals surface area contributed by atoms with Crippen LogP contribution in [-0.2, 0) is 0 Å². The largest absolute Gasteiger partial charge is 0.294 e. The van der Waals surface area contributed by atoms with Crippen LogP contribution in [0.15, 0.2) is 58.6 Å². The predicted octanol–water partition coefficient (Wildman–Crippen LogP) is 3.44. The Kier molecular flexibility index (Phi) is 3.37. The van der Waals surface area contributed by atoms with Crippen molar-refractivity contribution in [2.75, 3.05) is 0 Å². The molecule has 1 aromatic carbocycles. The van der Waals surface area contributed by atoms with E-state index < -0.39 is 0 Å². The molecule has 1 aromatic heterocycles. The minimum absolute atomic E-state index is 0.0824. The van der Waals surface area contributed by atoms with Crippen molar-refractivity contribution in [3.8, 4) is 0 Å². The molecule has 0 spiro atoms. The maximum Gasteiger partial charge on any atom is 0.160 e. The normalized spacial score (nSPS) is 10.1. The van der Waals surface area contributed by atoms with Crippen LogP contribution in [-0.4, -0.2) is 10.8 Å². The first-order valence-electron chi connectivity index (χ1n) is 4.96. The Morgan fingerprint density at radius 2 is 1.88 bits per heavy atom. The second-order valence-electron chi connectivity index (χ2n) is 3.32. The number of nitrogens with zero attached hydrogens (tertiary/aromatic N) is 1. The van der Waals surface area contributed by atoms with Gasteiger partial charge in [0, 0.05) is 16.7 Å². The van der Waals surface area contributed by atoms with E-state index in [2.05, 4.69) is 4.98 Å². The van der Waals surface area contributed by atoms with E-state index in [1.165, 1.54) is 11.8 Å². The van der Waals surface area contributed by atoms with Gasteiger partial charge in [0.15, 0.2) is 5.78 Å². The number of hydrogen-bond acceptors (Lipinski definition) is 3. The minimum Gasteiger partial charge on any atom is -0.294 e. The van der Waals surface area contributed by atoms with Gasteiger partial charge < -0.3 is 0 Å². The van der Waals surface area contributed by atoms with Crippen molar-refractivity contribution in [1.82, 2.24) is 4.98 Å². The van der Waals surface area contributed by atoms with Crippen LogP contribution in [0.25, 0.3) is 0 Å². The summed E-state index contributed by atoms with van der Waals surface area (Å²) >= 11 is 1.51. The molecule has 2 nitrogen and oxygen atoms in total. The van der Waals surface area contributed by atoms with Gasteiger partial charge in [-0.15, -0.1) is 0 Å². The van der Waals surface area contributed by atoms with Crippen LogP contribution in [0.5, 0.6) is 0 Å². The van der Waals surface area contributed by atoms with Crippen molar-refractivity contribution < 1.29 is 4.79 Å². The molecule has 0 aliphatic heterocycles. The number of hydrogen-bond donors (Lipinski definition) is 0. The van der Waals surface area contributed by atoms with Gasteiger partial charge in [-0.3, -0.25) is 4.79 Å². The van der Waals surface area contributed by atoms with Gasteiger partial charge in [0.25, 0.3) is 0 Å². The fraction of sp³-hybridized carbons (Fsp3) is 0.0769. The first-order chi connectivity index (χ1) is 7.77. The third-order valence-electron chi connectivity index (χ3n) is 2.12. The molecule has 0 bridgehead atoms. The third kappa shape index (κ3) is 2.49. The van der Waals surface area contributed by atoms with E-state index in [1.807, 2.05) is 42.5 Å². The highest BCUT2D eigenvalue weighted by atomic mass is 32.2. The Morgan fingerprint density at radius 3 is 2.56 bits per heavy atom. The number of Topliss-reactive ketones (excluding diaryl/α,β-unsaturated/α-hetero) is 1. The SMILES string of the molecule is CC(=O)c1ccccc1Sc1ccccn1.